The van der Waals surface area contributed by atoms with Crippen LogP contribution in [0.1, 0.15) is 43.7 Å². The van der Waals surface area contributed by atoms with Gasteiger partial charge < -0.3 is 9.64 Å². The summed E-state index contributed by atoms with van der Waals surface area (Å²) in [5, 5.41) is 0.641. The van der Waals surface area contributed by atoms with Crippen molar-refractivity contribution >= 4 is 29.2 Å². The maximum absolute atomic E-state index is 12.6. The average molecular weight is 386 g/mol. The first-order chi connectivity index (χ1) is 13.0. The predicted molar refractivity (Wildman–Crippen MR) is 107 cm³/mol. The van der Waals surface area contributed by atoms with Gasteiger partial charge in [-0.3, -0.25) is 9.59 Å². The van der Waals surface area contributed by atoms with Gasteiger partial charge in [0.1, 0.15) is 6.61 Å². The molecule has 1 aliphatic heterocycles. The molecule has 0 aromatic heterocycles. The van der Waals surface area contributed by atoms with Crippen LogP contribution < -0.4 is 4.90 Å². The molecule has 1 heterocycles. The number of anilines is 1. The maximum Gasteiger partial charge on any atom is 0.311 e. The quantitative estimate of drug-likeness (QED) is 0.661. The monoisotopic (exact) mass is 385 g/mol. The van der Waals surface area contributed by atoms with Crippen molar-refractivity contribution in [2.24, 2.45) is 5.92 Å². The zero-order valence-corrected chi connectivity index (χ0v) is 16.4. The highest BCUT2D eigenvalue weighted by Gasteiger charge is 2.37. The summed E-state index contributed by atoms with van der Waals surface area (Å²) in [7, 11) is 0. The van der Waals surface area contributed by atoms with Crippen molar-refractivity contribution in [3.05, 3.63) is 64.7 Å². The van der Waals surface area contributed by atoms with E-state index in [0.717, 1.165) is 23.2 Å². The van der Waals surface area contributed by atoms with E-state index in [1.54, 1.807) is 17.0 Å². The third-order valence-electron chi connectivity index (χ3n) is 5.12. The van der Waals surface area contributed by atoms with Crippen molar-refractivity contribution in [1.29, 1.82) is 0 Å². The largest absolute Gasteiger partial charge is 0.461 e. The molecule has 2 atom stereocenters. The fraction of sp³-hybridized carbons (Fsp3) is 0.364. The number of ether oxygens (including phenoxy) is 1. The number of carbonyl (C=O) groups is 2. The molecule has 27 heavy (non-hydrogen) atoms. The van der Waals surface area contributed by atoms with Crippen LogP contribution in [-0.2, 0) is 20.9 Å². The normalized spacial score (nSPS) is 17.8. The van der Waals surface area contributed by atoms with E-state index in [9.17, 15) is 9.59 Å². The zero-order valence-electron chi connectivity index (χ0n) is 15.7. The van der Waals surface area contributed by atoms with Crippen molar-refractivity contribution in [2.45, 2.75) is 39.2 Å². The van der Waals surface area contributed by atoms with Crippen LogP contribution in [0, 0.1) is 5.92 Å². The Morgan fingerprint density at radius 3 is 2.63 bits per heavy atom. The fourth-order valence-corrected chi connectivity index (χ4v) is 3.45. The van der Waals surface area contributed by atoms with Gasteiger partial charge in [-0.05, 0) is 41.7 Å². The predicted octanol–water partition coefficient (Wildman–Crippen LogP) is 4.95. The van der Waals surface area contributed by atoms with Crippen LogP contribution in [0.25, 0.3) is 0 Å². The Balaban J connectivity index is 1.67. The summed E-state index contributed by atoms with van der Waals surface area (Å²) < 4.78 is 5.42. The summed E-state index contributed by atoms with van der Waals surface area (Å²) in [6.07, 6.45) is 1.18. The van der Waals surface area contributed by atoms with Gasteiger partial charge in [0.05, 0.1) is 5.92 Å². The number of benzene rings is 2. The molecule has 5 heteroatoms. The molecule has 1 saturated heterocycles. The number of nitrogens with zero attached hydrogens (tertiary/aromatic N) is 1. The van der Waals surface area contributed by atoms with E-state index in [1.165, 1.54) is 0 Å². The SMILES string of the molecule is CC[C@H](C)c1ccccc1N1C[C@@H](C(=O)OCc2ccc(Cl)cc2)CC1=O. The maximum atomic E-state index is 12.6. The van der Waals surface area contributed by atoms with Crippen molar-refractivity contribution < 1.29 is 14.3 Å². The van der Waals surface area contributed by atoms with Gasteiger partial charge in [-0.2, -0.15) is 0 Å². The van der Waals surface area contributed by atoms with Gasteiger partial charge in [0.15, 0.2) is 0 Å². The lowest BCUT2D eigenvalue weighted by Gasteiger charge is -2.23. The first-order valence-corrected chi connectivity index (χ1v) is 9.67. The molecule has 2 aromatic rings. The Morgan fingerprint density at radius 2 is 1.93 bits per heavy atom. The number of carbonyl (C=O) groups excluding carboxylic acids is 2. The second-order valence-electron chi connectivity index (χ2n) is 7.01. The third kappa shape index (κ3) is 4.51. The first-order valence-electron chi connectivity index (χ1n) is 9.30. The van der Waals surface area contributed by atoms with Gasteiger partial charge in [0.25, 0.3) is 0 Å². The second kappa shape index (κ2) is 8.57. The zero-order chi connectivity index (χ0) is 19.4. The fourth-order valence-electron chi connectivity index (χ4n) is 3.32. The lowest BCUT2D eigenvalue weighted by atomic mass is 9.96. The molecular weight excluding hydrogens is 362 g/mol. The Morgan fingerprint density at radius 1 is 1.22 bits per heavy atom. The Kier molecular flexibility index (Phi) is 6.17. The minimum absolute atomic E-state index is 0.0285. The minimum atomic E-state index is -0.435. The summed E-state index contributed by atoms with van der Waals surface area (Å²) in [6.45, 7) is 4.83. The van der Waals surface area contributed by atoms with Crippen molar-refractivity contribution in [2.75, 3.05) is 11.4 Å². The van der Waals surface area contributed by atoms with Gasteiger partial charge in [0.2, 0.25) is 5.91 Å². The van der Waals surface area contributed by atoms with Crippen LogP contribution >= 0.6 is 11.6 Å². The smallest absolute Gasteiger partial charge is 0.311 e. The molecule has 0 saturated carbocycles. The average Bonchev–Trinajstić information content (AvgIpc) is 3.08. The Labute approximate surface area is 165 Å². The second-order valence-corrected chi connectivity index (χ2v) is 7.44. The number of rotatable bonds is 6. The number of para-hydroxylation sites is 1. The highest BCUT2D eigenvalue weighted by atomic mass is 35.5. The highest BCUT2D eigenvalue weighted by Crippen LogP contribution is 2.33. The van der Waals surface area contributed by atoms with Crippen molar-refractivity contribution in [3.63, 3.8) is 0 Å². The topological polar surface area (TPSA) is 46.6 Å². The van der Waals surface area contributed by atoms with Gasteiger partial charge in [0, 0.05) is 23.7 Å². The molecule has 2 aromatic carbocycles. The van der Waals surface area contributed by atoms with Crippen molar-refractivity contribution in [1.82, 2.24) is 0 Å². The highest BCUT2D eigenvalue weighted by molar-refractivity contribution is 6.30. The van der Waals surface area contributed by atoms with E-state index in [1.807, 2.05) is 30.3 Å². The van der Waals surface area contributed by atoms with Gasteiger partial charge in [-0.1, -0.05) is 55.8 Å². The standard InChI is InChI=1S/C22H24ClNO3/c1-3-15(2)19-6-4-5-7-20(19)24-13-17(12-21(24)25)22(26)27-14-16-8-10-18(23)11-9-16/h4-11,15,17H,3,12-14H2,1-2H3/t15-,17-/m0/s1. The summed E-state index contributed by atoms with van der Waals surface area (Å²) in [6, 6.07) is 15.1. The lowest BCUT2D eigenvalue weighted by Crippen LogP contribution is -2.27. The summed E-state index contributed by atoms with van der Waals surface area (Å²) in [5.74, 6) is -0.444. The summed E-state index contributed by atoms with van der Waals surface area (Å²) in [4.78, 5) is 26.8. The summed E-state index contributed by atoms with van der Waals surface area (Å²) in [5.41, 5.74) is 2.92. The van der Waals surface area contributed by atoms with Gasteiger partial charge in [-0.25, -0.2) is 0 Å². The molecule has 1 fully saturated rings. The van der Waals surface area contributed by atoms with E-state index >= 15 is 0 Å². The van der Waals surface area contributed by atoms with E-state index in [4.69, 9.17) is 16.3 Å². The molecular formula is C22H24ClNO3. The van der Waals surface area contributed by atoms with Gasteiger partial charge in [-0.15, -0.1) is 0 Å². The van der Waals surface area contributed by atoms with Crippen LogP contribution in [0.4, 0.5) is 5.69 Å². The van der Waals surface area contributed by atoms with Crippen LogP contribution in [0.3, 0.4) is 0 Å². The third-order valence-corrected chi connectivity index (χ3v) is 5.38. The minimum Gasteiger partial charge on any atom is -0.461 e. The van der Waals surface area contributed by atoms with Crippen molar-refractivity contribution in [3.8, 4) is 0 Å². The van der Waals surface area contributed by atoms with E-state index in [-0.39, 0.29) is 24.9 Å². The molecule has 142 valence electrons. The molecule has 0 aliphatic carbocycles. The number of hydrogen-bond donors (Lipinski definition) is 0. The molecule has 3 rings (SSSR count). The molecule has 0 spiro atoms. The molecule has 4 nitrogen and oxygen atoms in total. The number of hydrogen-bond acceptors (Lipinski definition) is 3. The molecule has 0 unspecified atom stereocenters. The number of halogens is 1. The van der Waals surface area contributed by atoms with Crippen LogP contribution in [0.5, 0.6) is 0 Å². The Bertz CT molecular complexity index is 819. The van der Waals surface area contributed by atoms with Gasteiger partial charge >= 0.3 is 5.97 Å². The molecule has 0 N–H and O–H groups in total. The van der Waals surface area contributed by atoms with E-state index in [0.29, 0.717) is 17.5 Å². The van der Waals surface area contributed by atoms with E-state index < -0.39 is 5.92 Å². The van der Waals surface area contributed by atoms with Crippen LogP contribution in [0.2, 0.25) is 5.02 Å². The number of esters is 1. The Hall–Kier alpha value is -2.33. The van der Waals surface area contributed by atoms with Crippen LogP contribution in [-0.4, -0.2) is 18.4 Å². The van der Waals surface area contributed by atoms with E-state index in [2.05, 4.69) is 19.9 Å². The summed E-state index contributed by atoms with van der Waals surface area (Å²) >= 11 is 5.86. The molecule has 0 bridgehead atoms. The molecule has 0 radical (unpaired) electrons. The molecule has 1 aliphatic rings. The first kappa shape index (κ1) is 19.4. The number of amides is 1. The lowest BCUT2D eigenvalue weighted by molar-refractivity contribution is -0.149. The molecule has 1 amide bonds. The van der Waals surface area contributed by atoms with Crippen LogP contribution in [0.15, 0.2) is 48.5 Å².